The summed E-state index contributed by atoms with van der Waals surface area (Å²) in [6.45, 7) is 0. The molecule has 4 nitrogen and oxygen atoms in total. The van der Waals surface area contributed by atoms with Crippen molar-refractivity contribution >= 4 is 11.9 Å². The standard InChI is InChI=1S/C17H12O4/c1-2-6-13-14(16(18)19)10-9-12(15(13)17(20)21)11-7-4-3-5-8-11/h1,3-5,7-10H,6H2,(H,18,19)(H,20,21). The first-order chi connectivity index (χ1) is 10.1. The Kier molecular flexibility index (Phi) is 4.05. The Morgan fingerprint density at radius 2 is 1.67 bits per heavy atom. The molecule has 0 aliphatic rings. The van der Waals surface area contributed by atoms with E-state index < -0.39 is 11.9 Å². The summed E-state index contributed by atoms with van der Waals surface area (Å²) in [5.74, 6) is -0.0581. The molecule has 0 atom stereocenters. The lowest BCUT2D eigenvalue weighted by molar-refractivity contribution is 0.0696. The molecule has 0 heterocycles. The lowest BCUT2D eigenvalue weighted by Crippen LogP contribution is -2.11. The third-order valence-electron chi connectivity index (χ3n) is 3.12. The monoisotopic (exact) mass is 280 g/mol. The van der Waals surface area contributed by atoms with Crippen molar-refractivity contribution in [1.29, 1.82) is 0 Å². The Labute approximate surface area is 121 Å². The summed E-state index contributed by atoms with van der Waals surface area (Å²) in [5, 5.41) is 18.7. The topological polar surface area (TPSA) is 74.6 Å². The maximum absolute atomic E-state index is 11.6. The molecule has 0 spiro atoms. The van der Waals surface area contributed by atoms with Gasteiger partial charge in [0.15, 0.2) is 0 Å². The van der Waals surface area contributed by atoms with Crippen molar-refractivity contribution in [2.75, 3.05) is 0 Å². The maximum Gasteiger partial charge on any atom is 0.336 e. The van der Waals surface area contributed by atoms with Crippen molar-refractivity contribution in [3.8, 4) is 23.5 Å². The van der Waals surface area contributed by atoms with Crippen molar-refractivity contribution in [1.82, 2.24) is 0 Å². The number of carboxylic acid groups (broad SMARTS) is 2. The van der Waals surface area contributed by atoms with Gasteiger partial charge in [0.1, 0.15) is 0 Å². The Morgan fingerprint density at radius 3 is 2.19 bits per heavy atom. The Balaban J connectivity index is 2.79. The smallest absolute Gasteiger partial charge is 0.336 e. The zero-order chi connectivity index (χ0) is 15.4. The Morgan fingerprint density at radius 1 is 1.00 bits per heavy atom. The van der Waals surface area contributed by atoms with Crippen LogP contribution in [0, 0.1) is 12.3 Å². The molecule has 4 heteroatoms. The molecule has 0 unspecified atom stereocenters. The molecule has 2 rings (SSSR count). The average molecular weight is 280 g/mol. The molecule has 2 aromatic carbocycles. The van der Waals surface area contributed by atoms with E-state index in [-0.39, 0.29) is 23.1 Å². The molecule has 0 aliphatic carbocycles. The summed E-state index contributed by atoms with van der Waals surface area (Å²) < 4.78 is 0. The van der Waals surface area contributed by atoms with E-state index in [4.69, 9.17) is 6.42 Å². The first kappa shape index (κ1) is 14.4. The highest BCUT2D eigenvalue weighted by atomic mass is 16.4. The van der Waals surface area contributed by atoms with Crippen LogP contribution in [-0.4, -0.2) is 22.2 Å². The molecule has 0 saturated carbocycles. The van der Waals surface area contributed by atoms with Crippen molar-refractivity contribution in [3.05, 3.63) is 59.2 Å². The second kappa shape index (κ2) is 5.93. The fourth-order valence-corrected chi connectivity index (χ4v) is 2.24. The molecule has 0 radical (unpaired) electrons. The van der Waals surface area contributed by atoms with Gasteiger partial charge in [0.2, 0.25) is 0 Å². The number of terminal acetylenes is 1. The number of rotatable bonds is 4. The average Bonchev–Trinajstić information content (AvgIpc) is 2.47. The molecule has 104 valence electrons. The molecule has 0 bridgehead atoms. The van der Waals surface area contributed by atoms with Crippen LogP contribution < -0.4 is 0 Å². The molecule has 2 N–H and O–H groups in total. The number of benzene rings is 2. The quantitative estimate of drug-likeness (QED) is 0.844. The first-order valence-corrected chi connectivity index (χ1v) is 6.17. The highest BCUT2D eigenvalue weighted by Gasteiger charge is 2.22. The van der Waals surface area contributed by atoms with Gasteiger partial charge in [0.25, 0.3) is 0 Å². The van der Waals surface area contributed by atoms with Gasteiger partial charge in [-0.1, -0.05) is 36.4 Å². The summed E-state index contributed by atoms with van der Waals surface area (Å²) in [4.78, 5) is 22.9. The van der Waals surface area contributed by atoms with Gasteiger partial charge >= 0.3 is 11.9 Å². The minimum absolute atomic E-state index is 0.0516. The number of hydrogen-bond donors (Lipinski definition) is 2. The first-order valence-electron chi connectivity index (χ1n) is 6.17. The van der Waals surface area contributed by atoms with Crippen LogP contribution >= 0.6 is 0 Å². The fourth-order valence-electron chi connectivity index (χ4n) is 2.24. The van der Waals surface area contributed by atoms with Crippen LogP contribution in [0.15, 0.2) is 42.5 Å². The van der Waals surface area contributed by atoms with Gasteiger partial charge in [-0.05, 0) is 22.8 Å². The van der Waals surface area contributed by atoms with E-state index in [2.05, 4.69) is 5.92 Å². The van der Waals surface area contributed by atoms with Crippen molar-refractivity contribution < 1.29 is 19.8 Å². The van der Waals surface area contributed by atoms with Crippen LogP contribution in [0.3, 0.4) is 0 Å². The van der Waals surface area contributed by atoms with Gasteiger partial charge in [-0.3, -0.25) is 0 Å². The predicted octanol–water partition coefficient (Wildman–Crippen LogP) is 2.93. The molecular weight excluding hydrogens is 268 g/mol. The summed E-state index contributed by atoms with van der Waals surface area (Å²) in [6.07, 6.45) is 5.20. The summed E-state index contributed by atoms with van der Waals surface area (Å²) in [7, 11) is 0. The fraction of sp³-hybridized carbons (Fsp3) is 0.0588. The van der Waals surface area contributed by atoms with E-state index in [0.717, 1.165) is 0 Å². The van der Waals surface area contributed by atoms with Crippen LogP contribution in [-0.2, 0) is 6.42 Å². The number of carboxylic acids is 2. The highest BCUT2D eigenvalue weighted by molar-refractivity contribution is 6.02. The molecule has 0 aliphatic heterocycles. The maximum atomic E-state index is 11.6. The Hall–Kier alpha value is -3.06. The van der Waals surface area contributed by atoms with Gasteiger partial charge in [-0.25, -0.2) is 9.59 Å². The van der Waals surface area contributed by atoms with Gasteiger partial charge < -0.3 is 10.2 Å². The lowest BCUT2D eigenvalue weighted by atomic mass is 9.90. The van der Waals surface area contributed by atoms with Crippen LogP contribution in [0.4, 0.5) is 0 Å². The van der Waals surface area contributed by atoms with Crippen molar-refractivity contribution in [2.24, 2.45) is 0 Å². The normalized spacial score (nSPS) is 9.86. The van der Waals surface area contributed by atoms with E-state index in [0.29, 0.717) is 11.1 Å². The van der Waals surface area contributed by atoms with Gasteiger partial charge in [-0.2, -0.15) is 0 Å². The van der Waals surface area contributed by atoms with E-state index >= 15 is 0 Å². The van der Waals surface area contributed by atoms with Crippen LogP contribution in [0.25, 0.3) is 11.1 Å². The molecule has 0 aromatic heterocycles. The second-order valence-electron chi connectivity index (χ2n) is 4.37. The zero-order valence-corrected chi connectivity index (χ0v) is 11.0. The lowest BCUT2D eigenvalue weighted by Gasteiger charge is -2.13. The Bertz CT molecular complexity index is 739. The third-order valence-corrected chi connectivity index (χ3v) is 3.12. The van der Waals surface area contributed by atoms with E-state index in [1.54, 1.807) is 24.3 Å². The van der Waals surface area contributed by atoms with Crippen LogP contribution in [0.2, 0.25) is 0 Å². The number of carbonyl (C=O) groups is 2. The van der Waals surface area contributed by atoms with Gasteiger partial charge in [0.05, 0.1) is 11.1 Å². The molecule has 21 heavy (non-hydrogen) atoms. The van der Waals surface area contributed by atoms with E-state index in [1.165, 1.54) is 12.1 Å². The molecule has 0 fully saturated rings. The van der Waals surface area contributed by atoms with Gasteiger partial charge in [0, 0.05) is 6.42 Å². The molecule has 2 aromatic rings. The number of aromatic carboxylic acids is 2. The van der Waals surface area contributed by atoms with Crippen LogP contribution in [0.5, 0.6) is 0 Å². The van der Waals surface area contributed by atoms with E-state index in [9.17, 15) is 19.8 Å². The highest BCUT2D eigenvalue weighted by Crippen LogP contribution is 2.29. The second-order valence-corrected chi connectivity index (χ2v) is 4.37. The van der Waals surface area contributed by atoms with Crippen LogP contribution in [0.1, 0.15) is 26.3 Å². The largest absolute Gasteiger partial charge is 0.478 e. The predicted molar refractivity (Wildman–Crippen MR) is 78.3 cm³/mol. The number of hydrogen-bond acceptors (Lipinski definition) is 2. The molecule has 0 saturated heterocycles. The summed E-state index contributed by atoms with van der Waals surface area (Å²) in [6, 6.07) is 11.8. The minimum atomic E-state index is -1.19. The minimum Gasteiger partial charge on any atom is -0.478 e. The SMILES string of the molecule is C#CCc1c(C(=O)O)ccc(-c2ccccc2)c1C(=O)O. The zero-order valence-electron chi connectivity index (χ0n) is 11.0. The van der Waals surface area contributed by atoms with E-state index in [1.807, 2.05) is 6.07 Å². The summed E-state index contributed by atoms with van der Waals surface area (Å²) >= 11 is 0. The van der Waals surface area contributed by atoms with Gasteiger partial charge in [-0.15, -0.1) is 12.3 Å². The van der Waals surface area contributed by atoms with Crippen molar-refractivity contribution in [3.63, 3.8) is 0 Å². The van der Waals surface area contributed by atoms with Crippen molar-refractivity contribution in [2.45, 2.75) is 6.42 Å². The summed E-state index contributed by atoms with van der Waals surface area (Å²) in [5.41, 5.74) is 1.17. The molecular formula is C17H12O4. The molecule has 0 amide bonds. The third kappa shape index (κ3) is 2.77.